The lowest BCUT2D eigenvalue weighted by Gasteiger charge is -2.14. The molecule has 0 saturated heterocycles. The maximum Gasteiger partial charge on any atom is 0.417 e. The third-order valence-corrected chi connectivity index (χ3v) is 5.06. The number of pyridine rings is 2. The average molecular weight is 447 g/mol. The smallest absolute Gasteiger partial charge is 0.417 e. The lowest BCUT2D eigenvalue weighted by atomic mass is 10.0. The highest BCUT2D eigenvalue weighted by atomic mass is 19.4. The predicted octanol–water partition coefficient (Wildman–Crippen LogP) is 4.36. The predicted molar refractivity (Wildman–Crippen MR) is 112 cm³/mol. The van der Waals surface area contributed by atoms with Gasteiger partial charge in [0, 0.05) is 23.5 Å². The minimum atomic E-state index is -4.48. The van der Waals surface area contributed by atoms with Gasteiger partial charge < -0.3 is 10.1 Å². The monoisotopic (exact) mass is 447 g/mol. The van der Waals surface area contributed by atoms with Gasteiger partial charge in [0.1, 0.15) is 5.75 Å². The number of methoxy groups -OCH3 is 1. The summed E-state index contributed by atoms with van der Waals surface area (Å²) in [4.78, 5) is 21.2. The van der Waals surface area contributed by atoms with Gasteiger partial charge in [0.15, 0.2) is 5.82 Å². The van der Waals surface area contributed by atoms with Crippen molar-refractivity contribution in [2.45, 2.75) is 46.3 Å². The fourth-order valence-electron chi connectivity index (χ4n) is 3.46. The zero-order valence-corrected chi connectivity index (χ0v) is 18.4. The second-order valence-electron chi connectivity index (χ2n) is 7.64. The van der Waals surface area contributed by atoms with Crippen LogP contribution in [-0.2, 0) is 12.7 Å². The Morgan fingerprint density at radius 3 is 2.44 bits per heavy atom. The largest absolute Gasteiger partial charge is 0.496 e. The maximum atomic E-state index is 12.9. The van der Waals surface area contributed by atoms with E-state index in [-0.39, 0.29) is 24.2 Å². The number of rotatable bonds is 6. The van der Waals surface area contributed by atoms with Crippen LogP contribution in [0.2, 0.25) is 0 Å². The molecule has 3 rings (SSSR count). The summed E-state index contributed by atoms with van der Waals surface area (Å²) in [6.07, 6.45) is -0.659. The van der Waals surface area contributed by atoms with Crippen molar-refractivity contribution < 1.29 is 22.7 Å². The lowest BCUT2D eigenvalue weighted by molar-refractivity contribution is -0.137. The van der Waals surface area contributed by atoms with Crippen LogP contribution >= 0.6 is 0 Å². The van der Waals surface area contributed by atoms with E-state index < -0.39 is 11.7 Å². The van der Waals surface area contributed by atoms with Gasteiger partial charge in [0.2, 0.25) is 0 Å². The third-order valence-electron chi connectivity index (χ3n) is 5.06. The number of amides is 1. The van der Waals surface area contributed by atoms with E-state index in [0.29, 0.717) is 22.7 Å². The quantitative estimate of drug-likeness (QED) is 0.607. The summed E-state index contributed by atoms with van der Waals surface area (Å²) in [5.74, 6) is 0.407. The van der Waals surface area contributed by atoms with E-state index in [9.17, 15) is 18.0 Å². The SMILES string of the molecule is COc1c(C)cnc(CNC(=O)c2cnn(-c3ccc(C(F)(F)F)cn3)c2C(C)C)c1C. The third kappa shape index (κ3) is 4.58. The summed E-state index contributed by atoms with van der Waals surface area (Å²) in [7, 11) is 1.58. The summed E-state index contributed by atoms with van der Waals surface area (Å²) in [5, 5.41) is 7.04. The summed E-state index contributed by atoms with van der Waals surface area (Å²) in [6.45, 7) is 7.67. The molecule has 0 atom stereocenters. The normalized spacial score (nSPS) is 11.7. The molecule has 3 aromatic rings. The van der Waals surface area contributed by atoms with Crippen molar-refractivity contribution in [2.75, 3.05) is 7.11 Å². The van der Waals surface area contributed by atoms with Crippen molar-refractivity contribution in [3.05, 3.63) is 64.4 Å². The summed E-state index contributed by atoms with van der Waals surface area (Å²) in [5.41, 5.74) is 2.41. The number of hydrogen-bond donors (Lipinski definition) is 1. The number of nitrogens with zero attached hydrogens (tertiary/aromatic N) is 4. The van der Waals surface area contributed by atoms with Crippen molar-refractivity contribution in [2.24, 2.45) is 0 Å². The molecule has 0 fully saturated rings. The molecule has 7 nitrogen and oxygen atoms in total. The Morgan fingerprint density at radius 1 is 1.16 bits per heavy atom. The van der Waals surface area contributed by atoms with Crippen LogP contribution < -0.4 is 10.1 Å². The van der Waals surface area contributed by atoms with Gasteiger partial charge in [-0.25, -0.2) is 9.67 Å². The van der Waals surface area contributed by atoms with Gasteiger partial charge in [-0.3, -0.25) is 9.78 Å². The van der Waals surface area contributed by atoms with Gasteiger partial charge in [-0.2, -0.15) is 18.3 Å². The molecule has 0 aromatic carbocycles. The fraction of sp³-hybridized carbons (Fsp3) is 0.364. The zero-order chi connectivity index (χ0) is 23.6. The van der Waals surface area contributed by atoms with Gasteiger partial charge >= 0.3 is 6.18 Å². The van der Waals surface area contributed by atoms with E-state index in [4.69, 9.17) is 4.74 Å². The Bertz CT molecular complexity index is 1120. The number of ether oxygens (including phenoxy) is 1. The van der Waals surface area contributed by atoms with E-state index in [1.165, 1.54) is 16.9 Å². The minimum Gasteiger partial charge on any atom is -0.496 e. The van der Waals surface area contributed by atoms with E-state index in [1.54, 1.807) is 13.3 Å². The molecule has 0 radical (unpaired) electrons. The van der Waals surface area contributed by atoms with E-state index >= 15 is 0 Å². The number of carbonyl (C=O) groups excluding carboxylic acids is 1. The number of alkyl halides is 3. The van der Waals surface area contributed by atoms with Gasteiger partial charge in [0.05, 0.1) is 42.4 Å². The van der Waals surface area contributed by atoms with Crippen molar-refractivity contribution in [3.63, 3.8) is 0 Å². The topological polar surface area (TPSA) is 81.9 Å². The molecule has 32 heavy (non-hydrogen) atoms. The summed E-state index contributed by atoms with van der Waals surface area (Å²) >= 11 is 0. The zero-order valence-electron chi connectivity index (χ0n) is 18.4. The van der Waals surface area contributed by atoms with Crippen LogP contribution in [0.25, 0.3) is 5.82 Å². The molecule has 0 spiro atoms. The highest BCUT2D eigenvalue weighted by Crippen LogP contribution is 2.29. The van der Waals surface area contributed by atoms with Crippen molar-refractivity contribution in [1.29, 1.82) is 0 Å². The second kappa shape index (κ2) is 8.97. The first kappa shape index (κ1) is 23.2. The van der Waals surface area contributed by atoms with Gasteiger partial charge in [-0.05, 0) is 31.9 Å². The van der Waals surface area contributed by atoms with E-state index in [0.717, 1.165) is 23.4 Å². The van der Waals surface area contributed by atoms with Crippen LogP contribution in [0, 0.1) is 13.8 Å². The number of aryl methyl sites for hydroxylation is 1. The molecule has 10 heteroatoms. The molecular weight excluding hydrogens is 423 g/mol. The highest BCUT2D eigenvalue weighted by molar-refractivity contribution is 5.95. The molecule has 0 saturated carbocycles. The maximum absolute atomic E-state index is 12.9. The van der Waals surface area contributed by atoms with Gasteiger partial charge in [0.25, 0.3) is 5.91 Å². The van der Waals surface area contributed by atoms with Crippen LogP contribution in [-0.4, -0.2) is 32.8 Å². The Labute approximate surface area is 183 Å². The number of nitrogens with one attached hydrogen (secondary N) is 1. The van der Waals surface area contributed by atoms with Gasteiger partial charge in [-0.1, -0.05) is 13.8 Å². The molecule has 1 amide bonds. The van der Waals surface area contributed by atoms with Crippen LogP contribution in [0.15, 0.2) is 30.7 Å². The molecule has 0 aliphatic heterocycles. The Balaban J connectivity index is 1.86. The molecule has 0 bridgehead atoms. The van der Waals surface area contributed by atoms with Crippen LogP contribution in [0.3, 0.4) is 0 Å². The first-order chi connectivity index (χ1) is 15.0. The molecule has 0 unspecified atom stereocenters. The molecule has 0 aliphatic carbocycles. The number of aromatic nitrogens is 4. The van der Waals surface area contributed by atoms with E-state index in [1.807, 2.05) is 27.7 Å². The van der Waals surface area contributed by atoms with Crippen molar-refractivity contribution in [1.82, 2.24) is 25.1 Å². The Kier molecular flexibility index (Phi) is 6.52. The van der Waals surface area contributed by atoms with Crippen LogP contribution in [0.5, 0.6) is 5.75 Å². The Morgan fingerprint density at radius 2 is 1.88 bits per heavy atom. The molecule has 170 valence electrons. The minimum absolute atomic E-state index is 0.137. The number of halogens is 3. The summed E-state index contributed by atoms with van der Waals surface area (Å²) in [6, 6.07) is 2.17. The molecule has 1 N–H and O–H groups in total. The van der Waals surface area contributed by atoms with Gasteiger partial charge in [-0.15, -0.1) is 0 Å². The van der Waals surface area contributed by atoms with Crippen LogP contribution in [0.1, 0.15) is 58.2 Å². The number of carbonyl (C=O) groups is 1. The van der Waals surface area contributed by atoms with Crippen molar-refractivity contribution in [3.8, 4) is 11.6 Å². The highest BCUT2D eigenvalue weighted by Gasteiger charge is 2.31. The number of hydrogen-bond acceptors (Lipinski definition) is 5. The molecule has 3 heterocycles. The second-order valence-corrected chi connectivity index (χ2v) is 7.64. The fourth-order valence-corrected chi connectivity index (χ4v) is 3.46. The molecule has 0 aliphatic rings. The average Bonchev–Trinajstić information content (AvgIpc) is 3.18. The first-order valence-corrected chi connectivity index (χ1v) is 9.93. The Hall–Kier alpha value is -3.43. The molecular formula is C22H24F3N5O2. The van der Waals surface area contributed by atoms with Crippen LogP contribution in [0.4, 0.5) is 13.2 Å². The van der Waals surface area contributed by atoms with Crippen molar-refractivity contribution >= 4 is 5.91 Å². The lowest BCUT2D eigenvalue weighted by Crippen LogP contribution is -2.25. The first-order valence-electron chi connectivity index (χ1n) is 9.93. The standard InChI is InChI=1S/C22H24F3N5O2/c1-12(2)19-16(10-29-30(19)18-7-6-15(9-27-18)22(23,24)25)21(31)28-11-17-14(4)20(32-5)13(3)8-26-17/h6-10,12H,11H2,1-5H3,(H,28,31). The summed E-state index contributed by atoms with van der Waals surface area (Å²) < 4.78 is 45.3. The van der Waals surface area contributed by atoms with E-state index in [2.05, 4.69) is 20.4 Å². The molecule has 3 aromatic heterocycles.